The summed E-state index contributed by atoms with van der Waals surface area (Å²) in [6.45, 7) is 3.14. The van der Waals surface area contributed by atoms with E-state index in [9.17, 15) is 9.90 Å². The number of aromatic amines is 1. The van der Waals surface area contributed by atoms with E-state index in [0.717, 1.165) is 57.7 Å². The maximum Gasteiger partial charge on any atom is 0.246 e. The van der Waals surface area contributed by atoms with E-state index in [1.165, 1.54) is 6.08 Å². The van der Waals surface area contributed by atoms with Gasteiger partial charge in [0.1, 0.15) is 0 Å². The smallest absolute Gasteiger partial charge is 0.246 e. The molecule has 1 aliphatic carbocycles. The fraction of sp³-hybridized carbons (Fsp3) is 0.667. The first kappa shape index (κ1) is 18.1. The van der Waals surface area contributed by atoms with Crippen LogP contribution in [0.15, 0.2) is 18.6 Å². The summed E-state index contributed by atoms with van der Waals surface area (Å²) in [5.41, 5.74) is 0.786. The first-order valence-corrected chi connectivity index (χ1v) is 9.10. The number of carbonyl (C=O) groups is 1. The molecule has 1 aliphatic heterocycles. The number of nitrogens with one attached hydrogen (secondary N) is 1. The van der Waals surface area contributed by atoms with E-state index in [1.807, 2.05) is 0 Å². The van der Waals surface area contributed by atoms with E-state index in [2.05, 4.69) is 14.9 Å². The van der Waals surface area contributed by atoms with Crippen molar-refractivity contribution < 1.29 is 14.6 Å². The molecular weight excluding hydrogens is 320 g/mol. The topological polar surface area (TPSA) is 81.7 Å². The zero-order valence-electron chi connectivity index (χ0n) is 14.8. The first-order chi connectivity index (χ1) is 12.2. The van der Waals surface area contributed by atoms with Crippen molar-refractivity contribution in [2.24, 2.45) is 0 Å². The van der Waals surface area contributed by atoms with Crippen molar-refractivity contribution in [1.29, 1.82) is 0 Å². The fourth-order valence-corrected chi connectivity index (χ4v) is 3.84. The van der Waals surface area contributed by atoms with Crippen LogP contribution < -0.4 is 0 Å². The highest BCUT2D eigenvalue weighted by molar-refractivity contribution is 5.91. The second-order valence-corrected chi connectivity index (χ2v) is 6.85. The summed E-state index contributed by atoms with van der Waals surface area (Å²) in [6.07, 6.45) is 9.89. The van der Waals surface area contributed by atoms with Crippen molar-refractivity contribution in [2.45, 2.75) is 43.9 Å². The van der Waals surface area contributed by atoms with Crippen molar-refractivity contribution in [3.63, 3.8) is 0 Å². The van der Waals surface area contributed by atoms with E-state index in [1.54, 1.807) is 30.5 Å². The van der Waals surface area contributed by atoms with Gasteiger partial charge in [0.05, 0.1) is 43.6 Å². The number of morpholine rings is 1. The number of H-pyrrole nitrogens is 1. The number of hydrogen-bond donors (Lipinski definition) is 2. The van der Waals surface area contributed by atoms with Crippen LogP contribution in [0.4, 0.5) is 0 Å². The van der Waals surface area contributed by atoms with Crippen molar-refractivity contribution in [1.82, 2.24) is 19.8 Å². The minimum absolute atomic E-state index is 0.0960. The van der Waals surface area contributed by atoms with Gasteiger partial charge < -0.3 is 19.7 Å². The molecule has 7 nitrogen and oxygen atoms in total. The van der Waals surface area contributed by atoms with Gasteiger partial charge in [-0.25, -0.2) is 4.98 Å². The van der Waals surface area contributed by atoms with Gasteiger partial charge in [-0.15, -0.1) is 0 Å². The summed E-state index contributed by atoms with van der Waals surface area (Å²) in [5.74, 6) is -0.0960. The lowest BCUT2D eigenvalue weighted by molar-refractivity contribution is -0.130. The Hall–Kier alpha value is -1.70. The number of hydrogen-bond acceptors (Lipinski definition) is 5. The Balaban J connectivity index is 1.66. The molecule has 0 radical (unpaired) electrons. The maximum absolute atomic E-state index is 12.5. The third-order valence-electron chi connectivity index (χ3n) is 5.32. The number of likely N-dealkylation sites (N-methyl/N-ethyl adjacent to an activating group) is 1. The zero-order chi connectivity index (χ0) is 17.6. The molecule has 1 saturated heterocycles. The van der Waals surface area contributed by atoms with Gasteiger partial charge in [-0.05, 0) is 18.9 Å². The number of amides is 1. The minimum Gasteiger partial charge on any atom is -0.389 e. The van der Waals surface area contributed by atoms with Crippen LogP contribution in [0.2, 0.25) is 0 Å². The molecule has 1 aromatic rings. The number of carbonyl (C=O) groups excluding carboxylic acids is 1. The lowest BCUT2D eigenvalue weighted by Crippen LogP contribution is -2.55. The third-order valence-corrected chi connectivity index (χ3v) is 5.32. The van der Waals surface area contributed by atoms with Gasteiger partial charge in [-0.1, -0.05) is 12.8 Å². The molecule has 25 heavy (non-hydrogen) atoms. The number of rotatable bonds is 4. The lowest BCUT2D eigenvalue weighted by Gasteiger charge is -2.40. The van der Waals surface area contributed by atoms with Gasteiger partial charge >= 0.3 is 0 Å². The Kier molecular flexibility index (Phi) is 6.23. The number of aliphatic hydroxyl groups is 1. The first-order valence-electron chi connectivity index (χ1n) is 9.10. The molecule has 0 spiro atoms. The summed E-state index contributed by atoms with van der Waals surface area (Å²) in [7, 11) is 1.79. The van der Waals surface area contributed by atoms with Crippen LogP contribution in [0.25, 0.3) is 6.08 Å². The number of aromatic nitrogens is 2. The van der Waals surface area contributed by atoms with Gasteiger partial charge in [0.25, 0.3) is 0 Å². The van der Waals surface area contributed by atoms with Crippen molar-refractivity contribution in [2.75, 3.05) is 33.4 Å². The lowest BCUT2D eigenvalue weighted by atomic mass is 9.98. The van der Waals surface area contributed by atoms with Crippen molar-refractivity contribution >= 4 is 12.0 Å². The van der Waals surface area contributed by atoms with Crippen LogP contribution >= 0.6 is 0 Å². The normalized spacial score (nSPS) is 28.8. The standard InChI is InChI=1S/C18H28N4O3/c1-21(17(23)7-6-14-12-19-13-20-14)15-4-2-3-5-16(18(15)24)22-8-10-25-11-9-22/h6-7,12-13,15-16,18,24H,2-5,8-11H2,1H3,(H,19,20)/b7-6+/t15-,16-,18-/m1/s1. The molecule has 1 aromatic heterocycles. The third kappa shape index (κ3) is 4.48. The highest BCUT2D eigenvalue weighted by Crippen LogP contribution is 2.26. The van der Waals surface area contributed by atoms with Crippen molar-refractivity contribution in [3.05, 3.63) is 24.3 Å². The largest absolute Gasteiger partial charge is 0.389 e. The molecule has 138 valence electrons. The van der Waals surface area contributed by atoms with Gasteiger partial charge in [0, 0.05) is 32.3 Å². The average Bonchev–Trinajstić information content (AvgIpc) is 3.09. The molecule has 0 unspecified atom stereocenters. The molecular formula is C18H28N4O3. The Morgan fingerprint density at radius 1 is 1.40 bits per heavy atom. The molecule has 2 N–H and O–H groups in total. The Morgan fingerprint density at radius 2 is 2.16 bits per heavy atom. The Morgan fingerprint density at radius 3 is 2.88 bits per heavy atom. The van der Waals surface area contributed by atoms with Gasteiger partial charge in [0.2, 0.25) is 5.91 Å². The fourth-order valence-electron chi connectivity index (χ4n) is 3.84. The molecule has 2 heterocycles. The SMILES string of the molecule is CN(C(=O)/C=C/c1cnc[nH]1)[C@@H]1CCCC[C@@H](N2CCOCC2)[C@@H]1O. The summed E-state index contributed by atoms with van der Waals surface area (Å²) in [4.78, 5) is 23.4. The summed E-state index contributed by atoms with van der Waals surface area (Å²) in [5, 5.41) is 11.0. The van der Waals surface area contributed by atoms with E-state index in [0.29, 0.717) is 0 Å². The van der Waals surface area contributed by atoms with Gasteiger partial charge in [-0.2, -0.15) is 0 Å². The monoisotopic (exact) mass is 348 g/mol. The quantitative estimate of drug-likeness (QED) is 0.624. The molecule has 1 saturated carbocycles. The van der Waals surface area contributed by atoms with Crippen LogP contribution in [-0.4, -0.2) is 82.3 Å². The van der Waals surface area contributed by atoms with Gasteiger partial charge in [-0.3, -0.25) is 9.69 Å². The predicted octanol–water partition coefficient (Wildman–Crippen LogP) is 0.886. The summed E-state index contributed by atoms with van der Waals surface area (Å²) in [6, 6.07) is -0.0579. The molecule has 7 heteroatoms. The van der Waals surface area contributed by atoms with E-state index in [-0.39, 0.29) is 18.0 Å². The van der Waals surface area contributed by atoms with Crippen molar-refractivity contribution in [3.8, 4) is 0 Å². The number of nitrogens with zero attached hydrogens (tertiary/aromatic N) is 3. The summed E-state index contributed by atoms with van der Waals surface area (Å²) >= 11 is 0. The summed E-state index contributed by atoms with van der Waals surface area (Å²) < 4.78 is 5.43. The number of imidazole rings is 1. The van der Waals surface area contributed by atoms with E-state index < -0.39 is 6.10 Å². The second kappa shape index (κ2) is 8.60. The van der Waals surface area contributed by atoms with E-state index in [4.69, 9.17) is 4.74 Å². The molecule has 3 rings (SSSR count). The van der Waals surface area contributed by atoms with Crippen LogP contribution in [0.1, 0.15) is 31.4 Å². The van der Waals surface area contributed by atoms with Crippen LogP contribution in [-0.2, 0) is 9.53 Å². The highest BCUT2D eigenvalue weighted by atomic mass is 16.5. The second-order valence-electron chi connectivity index (χ2n) is 6.85. The average molecular weight is 348 g/mol. The Bertz CT molecular complexity index is 569. The molecule has 0 aromatic carbocycles. The highest BCUT2D eigenvalue weighted by Gasteiger charge is 2.37. The van der Waals surface area contributed by atoms with Crippen LogP contribution in [0.5, 0.6) is 0 Å². The predicted molar refractivity (Wildman–Crippen MR) is 94.8 cm³/mol. The number of ether oxygens (including phenoxy) is 1. The van der Waals surface area contributed by atoms with Crippen LogP contribution in [0, 0.1) is 0 Å². The Labute approximate surface area is 148 Å². The van der Waals surface area contributed by atoms with E-state index >= 15 is 0 Å². The zero-order valence-corrected chi connectivity index (χ0v) is 14.8. The molecule has 0 bridgehead atoms. The molecule has 1 amide bonds. The maximum atomic E-state index is 12.5. The molecule has 2 aliphatic rings. The van der Waals surface area contributed by atoms with Crippen LogP contribution in [0.3, 0.4) is 0 Å². The van der Waals surface area contributed by atoms with Gasteiger partial charge in [0.15, 0.2) is 0 Å². The number of aliphatic hydroxyl groups excluding tert-OH is 1. The minimum atomic E-state index is -0.532. The molecule has 2 fully saturated rings. The molecule has 3 atom stereocenters.